The largest absolute Gasteiger partial charge is 0.270 e. The molecule has 1 aromatic carbocycles. The minimum Gasteiger partial charge on any atom is -0.270 e. The van der Waals surface area contributed by atoms with Crippen LogP contribution in [0.25, 0.3) is 0 Å². The third kappa shape index (κ3) is 4.10. The van der Waals surface area contributed by atoms with Crippen LogP contribution in [0.2, 0.25) is 0 Å². The first-order chi connectivity index (χ1) is 11.2. The van der Waals surface area contributed by atoms with E-state index < -0.39 is 20.0 Å². The number of benzene rings is 1. The van der Waals surface area contributed by atoms with Gasteiger partial charge in [0.2, 0.25) is 20.0 Å². The van der Waals surface area contributed by atoms with Crippen LogP contribution in [-0.2, 0) is 20.0 Å². The lowest BCUT2D eigenvalue weighted by molar-refractivity contribution is 0.574. The first kappa shape index (κ1) is 19.2. The molecule has 0 saturated carbocycles. The molecular weight excluding hydrogens is 348 g/mol. The van der Waals surface area contributed by atoms with Crippen molar-refractivity contribution in [2.75, 3.05) is 23.1 Å². The molecule has 1 N–H and O–H groups in total. The van der Waals surface area contributed by atoms with E-state index in [0.29, 0.717) is 36.3 Å². The van der Waals surface area contributed by atoms with Gasteiger partial charge in [0.1, 0.15) is 0 Å². The van der Waals surface area contributed by atoms with Crippen molar-refractivity contribution in [3.63, 3.8) is 0 Å². The van der Waals surface area contributed by atoms with E-state index in [0.717, 1.165) is 19.3 Å². The molecule has 1 aromatic rings. The van der Waals surface area contributed by atoms with Crippen LogP contribution in [0.3, 0.4) is 0 Å². The molecule has 8 heteroatoms. The molecule has 0 atom stereocenters. The number of hydrogen-bond donors (Lipinski definition) is 1. The van der Waals surface area contributed by atoms with Crippen molar-refractivity contribution in [2.24, 2.45) is 0 Å². The summed E-state index contributed by atoms with van der Waals surface area (Å²) < 4.78 is 53.5. The topological polar surface area (TPSA) is 83.6 Å². The van der Waals surface area contributed by atoms with Gasteiger partial charge in [-0.1, -0.05) is 13.3 Å². The van der Waals surface area contributed by atoms with E-state index >= 15 is 0 Å². The van der Waals surface area contributed by atoms with Crippen LogP contribution in [0.4, 0.5) is 5.69 Å². The Balaban J connectivity index is 2.38. The van der Waals surface area contributed by atoms with Gasteiger partial charge in [-0.2, -0.15) is 0 Å². The second kappa shape index (κ2) is 7.41. The Labute approximate surface area is 145 Å². The second-order valence-electron chi connectivity index (χ2n) is 6.25. The minimum atomic E-state index is -3.58. The van der Waals surface area contributed by atoms with Crippen LogP contribution in [0.1, 0.15) is 43.7 Å². The molecule has 1 fully saturated rings. The Morgan fingerprint density at radius 2 is 1.88 bits per heavy atom. The van der Waals surface area contributed by atoms with Crippen molar-refractivity contribution in [3.05, 3.63) is 23.3 Å². The summed E-state index contributed by atoms with van der Waals surface area (Å²) in [6.07, 6.45) is 3.18. The Morgan fingerprint density at radius 1 is 1.17 bits per heavy atom. The fourth-order valence-corrected chi connectivity index (χ4v) is 5.93. The highest BCUT2D eigenvalue weighted by atomic mass is 32.2. The van der Waals surface area contributed by atoms with Gasteiger partial charge in [0.05, 0.1) is 16.3 Å². The Hall–Kier alpha value is -1.12. The molecule has 1 heterocycles. The summed E-state index contributed by atoms with van der Waals surface area (Å²) in [5.74, 6) is 0.143. The monoisotopic (exact) mass is 374 g/mol. The van der Waals surface area contributed by atoms with E-state index in [1.54, 1.807) is 26.0 Å². The van der Waals surface area contributed by atoms with E-state index in [1.165, 1.54) is 4.31 Å². The summed E-state index contributed by atoms with van der Waals surface area (Å²) in [6, 6.07) is 3.25. The quantitative estimate of drug-likeness (QED) is 0.775. The third-order valence-corrected chi connectivity index (χ3v) is 7.68. The van der Waals surface area contributed by atoms with Crippen molar-refractivity contribution in [2.45, 2.75) is 51.3 Å². The molecule has 1 aliphatic rings. The molecule has 0 bridgehead atoms. The summed E-state index contributed by atoms with van der Waals surface area (Å²) in [5.41, 5.74) is 1.79. The number of unbranched alkanes of at least 4 members (excludes halogenated alkanes) is 1. The first-order valence-corrected chi connectivity index (χ1v) is 11.4. The molecule has 1 saturated heterocycles. The minimum absolute atomic E-state index is 0.143. The molecule has 0 amide bonds. The number of nitrogens with zero attached hydrogens (tertiary/aromatic N) is 1. The summed E-state index contributed by atoms with van der Waals surface area (Å²) >= 11 is 0. The van der Waals surface area contributed by atoms with E-state index in [2.05, 4.69) is 4.72 Å². The van der Waals surface area contributed by atoms with Crippen LogP contribution in [0, 0.1) is 13.8 Å². The van der Waals surface area contributed by atoms with Crippen LogP contribution < -0.4 is 9.03 Å². The number of aryl methyl sites for hydroxylation is 2. The van der Waals surface area contributed by atoms with Gasteiger partial charge < -0.3 is 0 Å². The maximum Gasteiger partial charge on any atom is 0.240 e. The zero-order chi connectivity index (χ0) is 18.0. The molecule has 136 valence electrons. The maximum atomic E-state index is 12.5. The van der Waals surface area contributed by atoms with Crippen molar-refractivity contribution >= 4 is 25.7 Å². The third-order valence-electron chi connectivity index (χ3n) is 4.22. The van der Waals surface area contributed by atoms with E-state index in [9.17, 15) is 16.8 Å². The average molecular weight is 375 g/mol. The Bertz CT molecular complexity index is 802. The number of sulfonamides is 2. The SMILES string of the molecule is CCCCNS(=O)(=O)c1cc(C)c(N2CCCCS2(=O)=O)cc1C. The predicted molar refractivity (Wildman–Crippen MR) is 96.4 cm³/mol. The van der Waals surface area contributed by atoms with Gasteiger partial charge in [-0.3, -0.25) is 4.31 Å². The van der Waals surface area contributed by atoms with Crippen LogP contribution >= 0.6 is 0 Å². The lowest BCUT2D eigenvalue weighted by Gasteiger charge is -2.30. The molecule has 24 heavy (non-hydrogen) atoms. The highest BCUT2D eigenvalue weighted by molar-refractivity contribution is 7.92. The lowest BCUT2D eigenvalue weighted by Crippen LogP contribution is -2.38. The smallest absolute Gasteiger partial charge is 0.240 e. The van der Waals surface area contributed by atoms with Crippen LogP contribution in [-0.4, -0.2) is 35.7 Å². The Kier molecular flexibility index (Phi) is 5.93. The average Bonchev–Trinajstić information content (AvgIpc) is 2.49. The van der Waals surface area contributed by atoms with E-state index in [-0.39, 0.29) is 10.6 Å². The summed E-state index contributed by atoms with van der Waals surface area (Å²) in [6.45, 7) is 6.30. The van der Waals surface area contributed by atoms with E-state index in [1.807, 2.05) is 6.92 Å². The van der Waals surface area contributed by atoms with Crippen molar-refractivity contribution in [1.82, 2.24) is 4.72 Å². The Morgan fingerprint density at radius 3 is 2.50 bits per heavy atom. The van der Waals surface area contributed by atoms with Gasteiger partial charge in [-0.25, -0.2) is 21.6 Å². The van der Waals surface area contributed by atoms with Gasteiger partial charge in [0, 0.05) is 13.1 Å². The fraction of sp³-hybridized carbons (Fsp3) is 0.625. The molecule has 2 rings (SSSR count). The van der Waals surface area contributed by atoms with Gasteiger partial charge >= 0.3 is 0 Å². The van der Waals surface area contributed by atoms with Crippen LogP contribution in [0.15, 0.2) is 17.0 Å². The van der Waals surface area contributed by atoms with E-state index in [4.69, 9.17) is 0 Å². The fourth-order valence-electron chi connectivity index (χ4n) is 2.85. The zero-order valence-electron chi connectivity index (χ0n) is 14.5. The van der Waals surface area contributed by atoms with Gasteiger partial charge in [-0.05, 0) is 56.4 Å². The molecular formula is C16H26N2O4S2. The van der Waals surface area contributed by atoms with Gasteiger partial charge in [-0.15, -0.1) is 0 Å². The predicted octanol–water partition coefficient (Wildman–Crippen LogP) is 2.31. The number of hydrogen-bond acceptors (Lipinski definition) is 4. The summed E-state index contributed by atoms with van der Waals surface area (Å²) in [5, 5.41) is 0. The number of nitrogens with one attached hydrogen (secondary N) is 1. The standard InChI is InChI=1S/C16H26N2O4S2/c1-4-5-8-17-24(21,22)16-12-13(2)15(11-14(16)3)18-9-6-7-10-23(18,19)20/h11-12,17H,4-10H2,1-3H3. The number of rotatable bonds is 6. The summed E-state index contributed by atoms with van der Waals surface area (Å²) in [4.78, 5) is 0.217. The normalized spacial score (nSPS) is 17.9. The van der Waals surface area contributed by atoms with Gasteiger partial charge in [0.15, 0.2) is 0 Å². The molecule has 0 radical (unpaired) electrons. The molecule has 0 unspecified atom stereocenters. The highest BCUT2D eigenvalue weighted by Gasteiger charge is 2.28. The van der Waals surface area contributed by atoms with Crippen molar-refractivity contribution in [3.8, 4) is 0 Å². The molecule has 0 spiro atoms. The molecule has 0 aromatic heterocycles. The highest BCUT2D eigenvalue weighted by Crippen LogP contribution is 2.31. The van der Waals surface area contributed by atoms with Crippen molar-refractivity contribution in [1.29, 1.82) is 0 Å². The van der Waals surface area contributed by atoms with Crippen molar-refractivity contribution < 1.29 is 16.8 Å². The maximum absolute atomic E-state index is 12.5. The molecule has 0 aliphatic carbocycles. The summed E-state index contributed by atoms with van der Waals surface area (Å²) in [7, 11) is -6.89. The number of anilines is 1. The lowest BCUT2D eigenvalue weighted by atomic mass is 10.1. The zero-order valence-corrected chi connectivity index (χ0v) is 16.1. The molecule has 1 aliphatic heterocycles. The van der Waals surface area contributed by atoms with Crippen LogP contribution in [0.5, 0.6) is 0 Å². The van der Waals surface area contributed by atoms with Gasteiger partial charge in [0.25, 0.3) is 0 Å². The second-order valence-corrected chi connectivity index (χ2v) is 10.00. The first-order valence-electron chi connectivity index (χ1n) is 8.30. The molecule has 6 nitrogen and oxygen atoms in total.